The SMILES string of the molecule is C#CCCC1(CCC(=O)Nc2cnccc2N2CCOCC2)N=N1. The summed E-state index contributed by atoms with van der Waals surface area (Å²) in [6.07, 6.45) is 11.0. The smallest absolute Gasteiger partial charge is 0.224 e. The minimum Gasteiger partial charge on any atom is -0.378 e. The number of nitrogens with zero attached hydrogens (tertiary/aromatic N) is 4. The van der Waals surface area contributed by atoms with Crippen molar-refractivity contribution in [1.82, 2.24) is 4.98 Å². The Balaban J connectivity index is 1.56. The van der Waals surface area contributed by atoms with Crippen molar-refractivity contribution < 1.29 is 9.53 Å². The van der Waals surface area contributed by atoms with Crippen molar-refractivity contribution in [2.24, 2.45) is 10.2 Å². The molecule has 24 heavy (non-hydrogen) atoms. The molecule has 1 fully saturated rings. The van der Waals surface area contributed by atoms with Crippen LogP contribution in [0.15, 0.2) is 28.7 Å². The zero-order valence-electron chi connectivity index (χ0n) is 13.6. The first-order chi connectivity index (χ1) is 11.7. The Hall–Kier alpha value is -2.46. The second-order valence-electron chi connectivity index (χ2n) is 5.93. The number of rotatable bonds is 7. The van der Waals surface area contributed by atoms with Gasteiger partial charge in [-0.25, -0.2) is 0 Å². The van der Waals surface area contributed by atoms with Crippen LogP contribution in [0.5, 0.6) is 0 Å². The minimum atomic E-state index is -0.425. The Kier molecular flexibility index (Phi) is 5.06. The van der Waals surface area contributed by atoms with E-state index >= 15 is 0 Å². The lowest BCUT2D eigenvalue weighted by molar-refractivity contribution is -0.116. The van der Waals surface area contributed by atoms with Crippen LogP contribution in [0.1, 0.15) is 25.7 Å². The van der Waals surface area contributed by atoms with Crippen molar-refractivity contribution in [3.63, 3.8) is 0 Å². The molecule has 1 aromatic rings. The fraction of sp³-hybridized carbons (Fsp3) is 0.529. The lowest BCUT2D eigenvalue weighted by Gasteiger charge is -2.30. The third-order valence-electron chi connectivity index (χ3n) is 4.23. The second-order valence-corrected chi connectivity index (χ2v) is 5.93. The van der Waals surface area contributed by atoms with Gasteiger partial charge in [0.05, 0.1) is 30.8 Å². The van der Waals surface area contributed by atoms with E-state index in [0.29, 0.717) is 38.9 Å². The Labute approximate surface area is 141 Å². The summed E-state index contributed by atoms with van der Waals surface area (Å²) < 4.78 is 5.38. The predicted molar refractivity (Wildman–Crippen MR) is 90.8 cm³/mol. The van der Waals surface area contributed by atoms with E-state index in [1.165, 1.54) is 0 Å². The monoisotopic (exact) mass is 327 g/mol. The van der Waals surface area contributed by atoms with E-state index in [2.05, 4.69) is 31.3 Å². The van der Waals surface area contributed by atoms with Crippen LogP contribution in [0, 0.1) is 12.3 Å². The number of carbonyl (C=O) groups excluding carboxylic acids is 1. The standard InChI is InChI=1S/C17H21N5O2/c1-2-3-6-17(20-21-17)7-4-16(23)19-14-13-18-8-5-15(14)22-9-11-24-12-10-22/h1,5,8,13H,3-4,6-7,9-12H2,(H,19,23). The second kappa shape index (κ2) is 7.41. The summed E-state index contributed by atoms with van der Waals surface area (Å²) in [5.74, 6) is 2.53. The van der Waals surface area contributed by atoms with Crippen LogP contribution in [-0.2, 0) is 9.53 Å². The molecule has 0 atom stereocenters. The number of carbonyl (C=O) groups is 1. The Morgan fingerprint density at radius 2 is 2.17 bits per heavy atom. The normalized spacial score (nSPS) is 18.0. The van der Waals surface area contributed by atoms with E-state index in [1.807, 2.05) is 6.07 Å². The number of anilines is 2. The molecule has 0 radical (unpaired) electrons. The van der Waals surface area contributed by atoms with Crippen molar-refractivity contribution in [3.8, 4) is 12.3 Å². The van der Waals surface area contributed by atoms with E-state index in [9.17, 15) is 4.79 Å². The average Bonchev–Trinajstić information content (AvgIpc) is 3.40. The molecule has 1 saturated heterocycles. The molecular formula is C17H21N5O2. The molecule has 1 aromatic heterocycles. The third-order valence-corrected chi connectivity index (χ3v) is 4.23. The maximum absolute atomic E-state index is 12.3. The molecule has 2 aliphatic heterocycles. The highest BCUT2D eigenvalue weighted by molar-refractivity contribution is 5.94. The van der Waals surface area contributed by atoms with E-state index in [-0.39, 0.29) is 5.91 Å². The third kappa shape index (κ3) is 4.09. The molecule has 0 saturated carbocycles. The van der Waals surface area contributed by atoms with Gasteiger partial charge in [0.1, 0.15) is 0 Å². The van der Waals surface area contributed by atoms with Crippen LogP contribution >= 0.6 is 0 Å². The minimum absolute atomic E-state index is 0.0603. The zero-order valence-corrected chi connectivity index (χ0v) is 13.6. The molecule has 1 N–H and O–H groups in total. The highest BCUT2D eigenvalue weighted by Gasteiger charge is 2.39. The molecule has 2 aliphatic rings. The van der Waals surface area contributed by atoms with Gasteiger partial charge in [-0.3, -0.25) is 9.78 Å². The predicted octanol–water partition coefficient (Wildman–Crippen LogP) is 2.21. The van der Waals surface area contributed by atoms with E-state index < -0.39 is 5.66 Å². The van der Waals surface area contributed by atoms with Crippen LogP contribution in [0.2, 0.25) is 0 Å². The fourth-order valence-corrected chi connectivity index (χ4v) is 2.76. The maximum atomic E-state index is 12.3. The molecule has 7 heteroatoms. The molecule has 0 unspecified atom stereocenters. The Bertz CT molecular complexity index is 655. The number of morpholine rings is 1. The lowest BCUT2D eigenvalue weighted by Crippen LogP contribution is -2.36. The highest BCUT2D eigenvalue weighted by Crippen LogP contribution is 2.37. The van der Waals surface area contributed by atoms with Crippen LogP contribution in [-0.4, -0.2) is 42.9 Å². The quantitative estimate of drug-likeness (QED) is 0.779. The lowest BCUT2D eigenvalue weighted by atomic mass is 10.0. The number of ether oxygens (including phenoxy) is 1. The molecule has 3 heterocycles. The highest BCUT2D eigenvalue weighted by atomic mass is 16.5. The number of amides is 1. The van der Waals surface area contributed by atoms with Crippen LogP contribution < -0.4 is 10.2 Å². The van der Waals surface area contributed by atoms with E-state index in [4.69, 9.17) is 11.2 Å². The van der Waals surface area contributed by atoms with Crippen molar-refractivity contribution in [3.05, 3.63) is 18.5 Å². The first kappa shape index (κ1) is 16.4. The molecule has 0 aromatic carbocycles. The van der Waals surface area contributed by atoms with Gasteiger partial charge in [0.25, 0.3) is 0 Å². The van der Waals surface area contributed by atoms with Gasteiger partial charge in [0.2, 0.25) is 5.91 Å². The largest absolute Gasteiger partial charge is 0.378 e. The topological polar surface area (TPSA) is 79.2 Å². The van der Waals surface area contributed by atoms with Gasteiger partial charge in [-0.05, 0) is 6.07 Å². The summed E-state index contributed by atoms with van der Waals surface area (Å²) in [7, 11) is 0. The van der Waals surface area contributed by atoms with Crippen LogP contribution in [0.25, 0.3) is 0 Å². The van der Waals surface area contributed by atoms with Gasteiger partial charge >= 0.3 is 0 Å². The maximum Gasteiger partial charge on any atom is 0.224 e. The molecule has 7 nitrogen and oxygen atoms in total. The number of nitrogens with one attached hydrogen (secondary N) is 1. The number of pyridine rings is 1. The summed E-state index contributed by atoms with van der Waals surface area (Å²) in [5.41, 5.74) is 1.28. The zero-order chi connectivity index (χ0) is 16.8. The first-order valence-electron chi connectivity index (χ1n) is 8.16. The summed E-state index contributed by atoms with van der Waals surface area (Å²) in [6.45, 7) is 2.99. The average molecular weight is 327 g/mol. The molecule has 1 amide bonds. The van der Waals surface area contributed by atoms with Gasteiger partial charge in [-0.1, -0.05) is 0 Å². The van der Waals surface area contributed by atoms with E-state index in [0.717, 1.165) is 24.5 Å². The van der Waals surface area contributed by atoms with E-state index in [1.54, 1.807) is 12.4 Å². The molecule has 0 aliphatic carbocycles. The summed E-state index contributed by atoms with van der Waals surface area (Å²) in [5, 5.41) is 11.1. The number of hydrogen-bond donors (Lipinski definition) is 1. The molecule has 0 bridgehead atoms. The molecule has 3 rings (SSSR count). The number of terminal acetylenes is 1. The fourth-order valence-electron chi connectivity index (χ4n) is 2.76. The summed E-state index contributed by atoms with van der Waals surface area (Å²) in [6, 6.07) is 1.92. The van der Waals surface area contributed by atoms with Crippen molar-refractivity contribution >= 4 is 17.3 Å². The van der Waals surface area contributed by atoms with Gasteiger partial charge in [0.15, 0.2) is 5.66 Å². The first-order valence-corrected chi connectivity index (χ1v) is 8.16. The molecule has 0 spiro atoms. The number of aromatic nitrogens is 1. The number of hydrogen-bond acceptors (Lipinski definition) is 6. The van der Waals surface area contributed by atoms with Gasteiger partial charge < -0.3 is 15.0 Å². The van der Waals surface area contributed by atoms with Crippen molar-refractivity contribution in [2.45, 2.75) is 31.3 Å². The van der Waals surface area contributed by atoms with Crippen LogP contribution in [0.4, 0.5) is 11.4 Å². The van der Waals surface area contributed by atoms with Crippen molar-refractivity contribution in [1.29, 1.82) is 0 Å². The van der Waals surface area contributed by atoms with Gasteiger partial charge in [-0.2, -0.15) is 10.2 Å². The Morgan fingerprint density at radius 1 is 1.38 bits per heavy atom. The summed E-state index contributed by atoms with van der Waals surface area (Å²) >= 11 is 0. The van der Waals surface area contributed by atoms with Crippen molar-refractivity contribution in [2.75, 3.05) is 36.5 Å². The van der Waals surface area contributed by atoms with Gasteiger partial charge in [-0.15, -0.1) is 12.3 Å². The van der Waals surface area contributed by atoms with Crippen LogP contribution in [0.3, 0.4) is 0 Å². The summed E-state index contributed by atoms with van der Waals surface area (Å²) in [4.78, 5) is 18.6. The Morgan fingerprint density at radius 3 is 2.88 bits per heavy atom. The molecule has 126 valence electrons. The molecular weight excluding hydrogens is 306 g/mol. The van der Waals surface area contributed by atoms with Gasteiger partial charge in [0, 0.05) is 45.0 Å².